The van der Waals surface area contributed by atoms with Crippen molar-refractivity contribution in [1.82, 2.24) is 0 Å². The Kier molecular flexibility index (Phi) is 32.5. The first-order valence-corrected chi connectivity index (χ1v) is 18.5. The van der Waals surface area contributed by atoms with Crippen molar-refractivity contribution >= 4 is 35.5 Å². The number of carbonyl (C=O) groups is 2. The largest absolute Gasteiger partial charge is 0.462 e. The van der Waals surface area contributed by atoms with E-state index in [0.717, 1.165) is 23.0 Å². The molecule has 0 radical (unpaired) electrons. The van der Waals surface area contributed by atoms with Crippen molar-refractivity contribution in [1.29, 1.82) is 0 Å². The van der Waals surface area contributed by atoms with Crippen molar-refractivity contribution in [3.63, 3.8) is 0 Å². The zero-order valence-corrected chi connectivity index (χ0v) is 26.9. The van der Waals surface area contributed by atoms with Crippen LogP contribution in [0.5, 0.6) is 0 Å². The summed E-state index contributed by atoms with van der Waals surface area (Å²) in [7, 11) is 0. The molecule has 0 saturated carbocycles. The number of rotatable bonds is 31. The van der Waals surface area contributed by atoms with Crippen LogP contribution in [-0.2, 0) is 19.1 Å². The maximum Gasteiger partial charge on any atom is 0.306 e. The van der Waals surface area contributed by atoms with Gasteiger partial charge in [0.25, 0.3) is 0 Å². The molecule has 4 nitrogen and oxygen atoms in total. The Balaban J connectivity index is 3.27. The summed E-state index contributed by atoms with van der Waals surface area (Å²) in [5.74, 6) is 3.49. The zero-order valence-electron chi connectivity index (χ0n) is 25.2. The van der Waals surface area contributed by atoms with Crippen LogP contribution in [0.3, 0.4) is 0 Å². The van der Waals surface area contributed by atoms with Gasteiger partial charge in [-0.15, -0.1) is 0 Å². The first kappa shape index (κ1) is 37.6. The molecule has 0 aromatic heterocycles. The van der Waals surface area contributed by atoms with Crippen molar-refractivity contribution in [3.8, 4) is 0 Å². The van der Waals surface area contributed by atoms with E-state index >= 15 is 0 Å². The average molecular weight is 575 g/mol. The molecule has 0 aliphatic rings. The van der Waals surface area contributed by atoms with Gasteiger partial charge in [-0.3, -0.25) is 9.59 Å². The Hall–Kier alpha value is -0.360. The summed E-state index contributed by atoms with van der Waals surface area (Å²) >= 11 is 3.67. The fraction of sp³-hybridized carbons (Fsp3) is 0.938. The molecule has 0 spiro atoms. The second-order valence-electron chi connectivity index (χ2n) is 10.5. The van der Waals surface area contributed by atoms with E-state index in [1.165, 1.54) is 128 Å². The maximum absolute atomic E-state index is 11.8. The predicted octanol–water partition coefficient (Wildman–Crippen LogP) is 10.2. The van der Waals surface area contributed by atoms with E-state index in [-0.39, 0.29) is 25.2 Å². The summed E-state index contributed by atoms with van der Waals surface area (Å²) < 4.78 is 10.4. The normalized spacial score (nSPS) is 11.1. The number of ether oxygens (including phenoxy) is 2. The molecule has 38 heavy (non-hydrogen) atoms. The van der Waals surface area contributed by atoms with Crippen molar-refractivity contribution in [2.45, 2.75) is 155 Å². The monoisotopic (exact) mass is 574 g/mol. The lowest BCUT2D eigenvalue weighted by atomic mass is 10.1. The van der Waals surface area contributed by atoms with Crippen LogP contribution in [0.2, 0.25) is 0 Å². The van der Waals surface area contributed by atoms with Gasteiger partial charge in [-0.25, -0.2) is 0 Å². The van der Waals surface area contributed by atoms with Crippen LogP contribution in [-0.4, -0.2) is 48.2 Å². The van der Waals surface area contributed by atoms with Crippen LogP contribution < -0.4 is 0 Å². The molecule has 6 heteroatoms. The molecular weight excluding hydrogens is 512 g/mol. The molecule has 0 atom stereocenters. The maximum atomic E-state index is 11.8. The molecular formula is C32H62O4S2. The number of esters is 2. The standard InChI is InChI=1S/C32H62O4S2/c1-3-5-7-9-11-13-15-17-19-21-27-37-29-23-31(33)35-25-26-36-32(34)24-30-38-28-22-20-18-16-14-12-10-8-6-4-2/h3-30H2,1-2H3. The Bertz CT molecular complexity index is 458. The molecule has 226 valence electrons. The molecule has 0 aromatic carbocycles. The quantitative estimate of drug-likeness (QED) is 0.0606. The molecule has 0 N–H and O–H groups in total. The van der Waals surface area contributed by atoms with Crippen LogP contribution in [0.25, 0.3) is 0 Å². The highest BCUT2D eigenvalue weighted by Crippen LogP contribution is 2.14. The molecule has 0 bridgehead atoms. The van der Waals surface area contributed by atoms with Gasteiger partial charge in [-0.1, -0.05) is 129 Å². The predicted molar refractivity (Wildman–Crippen MR) is 169 cm³/mol. The van der Waals surface area contributed by atoms with Gasteiger partial charge in [0.1, 0.15) is 13.2 Å². The van der Waals surface area contributed by atoms with Crippen molar-refractivity contribution < 1.29 is 19.1 Å². The molecule has 0 aromatic rings. The molecule has 0 saturated heterocycles. The Morgan fingerprint density at radius 1 is 0.421 bits per heavy atom. The summed E-state index contributed by atoms with van der Waals surface area (Å²) in [6.45, 7) is 4.86. The Labute approximate surface area is 245 Å². The second-order valence-corrected chi connectivity index (χ2v) is 13.0. The number of thioether (sulfide) groups is 2. The summed E-state index contributed by atoms with van der Waals surface area (Å²) in [6, 6.07) is 0. The number of hydrogen-bond acceptors (Lipinski definition) is 6. The summed E-state index contributed by atoms with van der Waals surface area (Å²) in [6.07, 6.45) is 28.0. The van der Waals surface area contributed by atoms with Gasteiger partial charge in [-0.2, -0.15) is 23.5 Å². The number of carbonyl (C=O) groups excluding carboxylic acids is 2. The molecule has 0 unspecified atom stereocenters. The van der Waals surface area contributed by atoms with Crippen LogP contribution in [0.4, 0.5) is 0 Å². The third-order valence-electron chi connectivity index (χ3n) is 6.79. The van der Waals surface area contributed by atoms with E-state index in [4.69, 9.17) is 9.47 Å². The minimum atomic E-state index is -0.191. The van der Waals surface area contributed by atoms with E-state index in [0.29, 0.717) is 12.8 Å². The second kappa shape index (κ2) is 32.8. The van der Waals surface area contributed by atoms with Crippen molar-refractivity contribution in [3.05, 3.63) is 0 Å². The van der Waals surface area contributed by atoms with Crippen molar-refractivity contribution in [2.24, 2.45) is 0 Å². The Morgan fingerprint density at radius 2 is 0.711 bits per heavy atom. The van der Waals surface area contributed by atoms with E-state index in [2.05, 4.69) is 13.8 Å². The highest BCUT2D eigenvalue weighted by molar-refractivity contribution is 7.99. The lowest BCUT2D eigenvalue weighted by Crippen LogP contribution is -2.14. The minimum Gasteiger partial charge on any atom is -0.462 e. The van der Waals surface area contributed by atoms with Gasteiger partial charge < -0.3 is 9.47 Å². The fourth-order valence-electron chi connectivity index (χ4n) is 4.35. The third kappa shape index (κ3) is 31.9. The summed E-state index contributed by atoms with van der Waals surface area (Å²) in [5, 5.41) is 0. The lowest BCUT2D eigenvalue weighted by Gasteiger charge is -2.07. The van der Waals surface area contributed by atoms with E-state index in [1.54, 1.807) is 0 Å². The van der Waals surface area contributed by atoms with E-state index in [9.17, 15) is 9.59 Å². The van der Waals surface area contributed by atoms with Gasteiger partial charge in [0, 0.05) is 11.5 Å². The van der Waals surface area contributed by atoms with E-state index < -0.39 is 0 Å². The number of unbranched alkanes of at least 4 members (excludes halogenated alkanes) is 18. The molecule has 0 rings (SSSR count). The van der Waals surface area contributed by atoms with Gasteiger partial charge in [-0.05, 0) is 24.3 Å². The molecule has 0 heterocycles. The molecule has 0 amide bonds. The van der Waals surface area contributed by atoms with Crippen molar-refractivity contribution in [2.75, 3.05) is 36.2 Å². The van der Waals surface area contributed by atoms with Crippen LogP contribution in [0.1, 0.15) is 155 Å². The average Bonchev–Trinajstić information content (AvgIpc) is 2.92. The highest BCUT2D eigenvalue weighted by atomic mass is 32.2. The van der Waals surface area contributed by atoms with E-state index in [1.807, 2.05) is 23.5 Å². The molecule has 0 fully saturated rings. The first-order chi connectivity index (χ1) is 18.7. The van der Waals surface area contributed by atoms with Crippen LogP contribution >= 0.6 is 23.5 Å². The van der Waals surface area contributed by atoms with Crippen LogP contribution in [0, 0.1) is 0 Å². The minimum absolute atomic E-state index is 0.166. The smallest absolute Gasteiger partial charge is 0.306 e. The van der Waals surface area contributed by atoms with Gasteiger partial charge >= 0.3 is 11.9 Å². The van der Waals surface area contributed by atoms with Crippen LogP contribution in [0.15, 0.2) is 0 Å². The SMILES string of the molecule is CCCCCCCCCCCCSCCC(=O)OCCOC(=O)CCSCCCCCCCCCCCC. The molecule has 0 aliphatic heterocycles. The molecule has 0 aliphatic carbocycles. The summed E-state index contributed by atoms with van der Waals surface area (Å²) in [5.41, 5.74) is 0. The third-order valence-corrected chi connectivity index (χ3v) is 8.94. The first-order valence-electron chi connectivity index (χ1n) is 16.2. The zero-order chi connectivity index (χ0) is 27.8. The fourth-order valence-corrected chi connectivity index (χ4v) is 6.20. The lowest BCUT2D eigenvalue weighted by molar-refractivity contribution is -0.151. The van der Waals surface area contributed by atoms with Gasteiger partial charge in [0.2, 0.25) is 0 Å². The highest BCUT2D eigenvalue weighted by Gasteiger charge is 2.06. The topological polar surface area (TPSA) is 52.6 Å². The Morgan fingerprint density at radius 3 is 1.03 bits per heavy atom. The summed E-state index contributed by atoms with van der Waals surface area (Å²) in [4.78, 5) is 23.6. The number of hydrogen-bond donors (Lipinski definition) is 0. The van der Waals surface area contributed by atoms with Gasteiger partial charge in [0.05, 0.1) is 12.8 Å². The van der Waals surface area contributed by atoms with Gasteiger partial charge in [0.15, 0.2) is 0 Å².